The van der Waals surface area contributed by atoms with E-state index in [-0.39, 0.29) is 37.9 Å². The van der Waals surface area contributed by atoms with Gasteiger partial charge in [-0.05, 0) is 77.9 Å². The summed E-state index contributed by atoms with van der Waals surface area (Å²) in [6.45, 7) is 9.18. The number of cyclic esters (lactones) is 1. The number of aliphatic hydroxyl groups excluding tert-OH is 2. The zero-order valence-electron chi connectivity index (χ0n) is 34.1. The molecule has 3 heterocycles. The number of rotatable bonds is 15. The van der Waals surface area contributed by atoms with Crippen LogP contribution in [0.4, 0.5) is 15.3 Å². The van der Waals surface area contributed by atoms with E-state index < -0.39 is 68.3 Å². The molecule has 0 bridgehead atoms. The molecule has 0 saturated carbocycles. The van der Waals surface area contributed by atoms with E-state index in [1.54, 1.807) is 44.2 Å². The Morgan fingerprint density at radius 1 is 0.836 bits per heavy atom. The second kappa shape index (κ2) is 18.5. The smallest absolute Gasteiger partial charge is 0.460 e. The molecule has 2 N–H and O–H groups in total. The third kappa shape index (κ3) is 8.79. The van der Waals surface area contributed by atoms with Gasteiger partial charge in [-0.1, -0.05) is 43.5 Å². The molecule has 7 rings (SSSR count). The molecular weight excluding hydrogens is 794 g/mol. The maximum absolute atomic E-state index is 13.8. The van der Waals surface area contributed by atoms with Gasteiger partial charge in [-0.3, -0.25) is 0 Å². The molecule has 1 saturated heterocycles. The van der Waals surface area contributed by atoms with Crippen molar-refractivity contribution in [1.29, 1.82) is 0 Å². The lowest BCUT2D eigenvalue weighted by molar-refractivity contribution is -0.286. The van der Waals surface area contributed by atoms with Gasteiger partial charge in [0, 0.05) is 36.3 Å². The monoisotopic (exact) mass is 841 g/mol. The van der Waals surface area contributed by atoms with E-state index in [0.29, 0.717) is 50.1 Å². The molecule has 3 aliphatic rings. The third-order valence-corrected chi connectivity index (χ3v) is 10.5. The number of anilines is 1. The van der Waals surface area contributed by atoms with Gasteiger partial charge >= 0.3 is 18.3 Å². The van der Waals surface area contributed by atoms with Crippen molar-refractivity contribution in [3.63, 3.8) is 0 Å². The van der Waals surface area contributed by atoms with Gasteiger partial charge in [-0.25, -0.2) is 14.4 Å². The van der Waals surface area contributed by atoms with Gasteiger partial charge in [0.1, 0.15) is 31.7 Å². The van der Waals surface area contributed by atoms with Crippen molar-refractivity contribution in [2.75, 3.05) is 39.0 Å². The number of esters is 1. The first-order valence-corrected chi connectivity index (χ1v) is 19.5. The molecule has 1 fully saturated rings. The summed E-state index contributed by atoms with van der Waals surface area (Å²) < 4.78 is 58.9. The van der Waals surface area contributed by atoms with Crippen molar-refractivity contribution in [3.8, 4) is 28.4 Å². The lowest BCUT2D eigenvalue weighted by Crippen LogP contribution is -2.62. The van der Waals surface area contributed by atoms with E-state index in [2.05, 4.69) is 13.2 Å². The van der Waals surface area contributed by atoms with E-state index in [1.807, 2.05) is 43.3 Å². The average molecular weight is 842 g/mol. The fourth-order valence-corrected chi connectivity index (χ4v) is 7.53. The highest BCUT2D eigenvalue weighted by molar-refractivity contribution is 6.13. The van der Waals surface area contributed by atoms with Crippen molar-refractivity contribution < 1.29 is 72.0 Å². The number of carbonyl (C=O) groups excluding carboxylic acids is 3. The molecule has 0 radical (unpaired) electrons. The van der Waals surface area contributed by atoms with E-state index >= 15 is 0 Å². The van der Waals surface area contributed by atoms with Gasteiger partial charge < -0.3 is 62.5 Å². The van der Waals surface area contributed by atoms with Gasteiger partial charge in [0.15, 0.2) is 23.7 Å². The first-order valence-electron chi connectivity index (χ1n) is 19.5. The number of hydrogen-bond donors (Lipinski definition) is 2. The van der Waals surface area contributed by atoms with E-state index in [4.69, 9.17) is 47.4 Å². The fourth-order valence-electron chi connectivity index (χ4n) is 7.53. The Morgan fingerprint density at radius 2 is 1.48 bits per heavy atom. The molecule has 0 aromatic heterocycles. The highest BCUT2D eigenvalue weighted by Crippen LogP contribution is 2.48. The first-order chi connectivity index (χ1) is 29.5. The molecule has 4 aromatic carbocycles. The number of fused-ring (bicyclic) bond motifs is 3. The Bertz CT molecular complexity index is 2310. The summed E-state index contributed by atoms with van der Waals surface area (Å²) in [6.07, 6.45) is -6.69. The molecule has 0 amide bonds. The van der Waals surface area contributed by atoms with Crippen LogP contribution >= 0.6 is 0 Å². The summed E-state index contributed by atoms with van der Waals surface area (Å²) >= 11 is 0. The lowest BCUT2D eigenvalue weighted by atomic mass is 9.87. The number of hydrogen-bond acceptors (Lipinski definition) is 16. The van der Waals surface area contributed by atoms with Crippen molar-refractivity contribution in [1.82, 2.24) is 0 Å². The highest BCUT2D eigenvalue weighted by atomic mass is 16.8. The number of benzene rings is 4. The molecule has 61 heavy (non-hydrogen) atoms. The molecule has 3 aliphatic heterocycles. The summed E-state index contributed by atoms with van der Waals surface area (Å²) in [4.78, 5) is 42.1. The Labute approximate surface area is 351 Å². The molecule has 6 atom stereocenters. The molecule has 16 nitrogen and oxygen atoms in total. The summed E-state index contributed by atoms with van der Waals surface area (Å²) in [6, 6.07) is 16.1. The maximum atomic E-state index is 13.8. The Morgan fingerprint density at radius 3 is 2.11 bits per heavy atom. The normalized spacial score (nSPS) is 20.6. The quantitative estimate of drug-likeness (QED) is 0.0736. The lowest BCUT2D eigenvalue weighted by Gasteiger charge is -2.44. The van der Waals surface area contributed by atoms with E-state index in [9.17, 15) is 24.6 Å². The maximum Gasteiger partial charge on any atom is 0.509 e. The van der Waals surface area contributed by atoms with Crippen molar-refractivity contribution >= 4 is 34.7 Å². The zero-order valence-corrected chi connectivity index (χ0v) is 34.1. The molecule has 322 valence electrons. The minimum absolute atomic E-state index is 0.0271. The van der Waals surface area contributed by atoms with Crippen molar-refractivity contribution in [2.24, 2.45) is 0 Å². The second-order valence-electron chi connectivity index (χ2n) is 14.6. The topological polar surface area (TPSA) is 187 Å². The number of nitrogens with zero attached hydrogens (tertiary/aromatic N) is 1. The van der Waals surface area contributed by atoms with Gasteiger partial charge in [0.25, 0.3) is 0 Å². The van der Waals surface area contributed by atoms with Crippen molar-refractivity contribution in [3.05, 3.63) is 108 Å². The predicted molar refractivity (Wildman–Crippen MR) is 218 cm³/mol. The standard InChI is InChI=1S/C45H47NO15/c1-7-15-52-44(50)60-38-25(4)58-43(41(61-45(51)53-16-8-2)40(38)57-24(3)26-9-12-30(13-10-26)46(5)6)59-39-32-18-29(21-48)28(20-47)17-31(32)36(37-33(39)22-54-42(37)49)27-11-14-34-35(19-27)56-23-55-34/h7-14,17-19,24-25,38,40-41,43,47-48H,1-2,15-16,20-23H2,3-6H3/t24?,25-,38-,40+,41-,43?/m1/s1. The van der Waals surface area contributed by atoms with Crippen LogP contribution in [-0.2, 0) is 53.0 Å². The van der Waals surface area contributed by atoms with Crippen LogP contribution < -0.4 is 19.1 Å². The summed E-state index contributed by atoms with van der Waals surface area (Å²) in [7, 11) is 3.84. The molecular formula is C45H47NO15. The molecule has 2 unspecified atom stereocenters. The number of ether oxygens (including phenoxy) is 10. The summed E-state index contributed by atoms with van der Waals surface area (Å²) in [5.74, 6) is 0.444. The molecule has 0 aliphatic carbocycles. The third-order valence-electron chi connectivity index (χ3n) is 10.5. The second-order valence-corrected chi connectivity index (χ2v) is 14.6. The van der Waals surface area contributed by atoms with Crippen LogP contribution in [0.25, 0.3) is 21.9 Å². The van der Waals surface area contributed by atoms with Gasteiger partial charge in [0.05, 0.1) is 31.0 Å². The summed E-state index contributed by atoms with van der Waals surface area (Å²) in [5, 5.41) is 21.7. The minimum Gasteiger partial charge on any atom is -0.460 e. The van der Waals surface area contributed by atoms with Crippen LogP contribution in [0.5, 0.6) is 17.2 Å². The Balaban J connectivity index is 1.37. The number of carbonyl (C=O) groups is 3. The predicted octanol–water partition coefficient (Wildman–Crippen LogP) is 6.64. The van der Waals surface area contributed by atoms with Crippen LogP contribution in [-0.4, -0.2) is 93.3 Å². The zero-order chi connectivity index (χ0) is 43.4. The van der Waals surface area contributed by atoms with Crippen LogP contribution in [0.2, 0.25) is 0 Å². The average Bonchev–Trinajstić information content (AvgIpc) is 3.90. The first kappa shape index (κ1) is 42.8. The van der Waals surface area contributed by atoms with Crippen LogP contribution in [0, 0.1) is 0 Å². The molecule has 16 heteroatoms. The van der Waals surface area contributed by atoms with Gasteiger partial charge in [-0.2, -0.15) is 0 Å². The minimum atomic E-state index is -1.52. The van der Waals surface area contributed by atoms with Gasteiger partial charge in [0.2, 0.25) is 13.1 Å². The SMILES string of the molecule is C=CCOC(=O)O[C@H]1[C@H](OC(C)c2ccc(N(C)C)cc2)[C@@H](OC(=O)OCC=C)C(Oc2c3c(c(-c4ccc5c(c4)OCO5)c4cc(CO)c(CO)cc24)C(=O)OC3)O[C@@H]1C. The largest absolute Gasteiger partial charge is 0.509 e. The van der Waals surface area contributed by atoms with Crippen LogP contribution in [0.15, 0.2) is 79.9 Å². The van der Waals surface area contributed by atoms with Crippen molar-refractivity contribution in [2.45, 2.75) is 70.5 Å². The summed E-state index contributed by atoms with van der Waals surface area (Å²) in [5.41, 5.74) is 4.00. The Hall–Kier alpha value is -6.33. The van der Waals surface area contributed by atoms with Gasteiger partial charge in [-0.15, -0.1) is 0 Å². The van der Waals surface area contributed by atoms with Crippen LogP contribution in [0.1, 0.15) is 52.6 Å². The van der Waals surface area contributed by atoms with E-state index in [0.717, 1.165) is 11.3 Å². The Kier molecular flexibility index (Phi) is 13.0. The fraction of sp³-hybridized carbons (Fsp3) is 0.356. The molecule has 4 aromatic rings. The van der Waals surface area contributed by atoms with Crippen LogP contribution in [0.3, 0.4) is 0 Å². The van der Waals surface area contributed by atoms with E-state index in [1.165, 1.54) is 12.2 Å². The number of aliphatic hydroxyl groups is 2. The molecule has 0 spiro atoms. The highest BCUT2D eigenvalue weighted by Gasteiger charge is 2.52.